The third kappa shape index (κ3) is 4.81. The zero-order valence-electron chi connectivity index (χ0n) is 13.8. The lowest BCUT2D eigenvalue weighted by Gasteiger charge is -2.38. The highest BCUT2D eigenvalue weighted by molar-refractivity contribution is 6.74. The van der Waals surface area contributed by atoms with Crippen LogP contribution in [0.4, 0.5) is 0 Å². The van der Waals surface area contributed by atoms with Crippen molar-refractivity contribution in [2.75, 3.05) is 26.3 Å². The van der Waals surface area contributed by atoms with Crippen LogP contribution in [0.2, 0.25) is 18.1 Å². The van der Waals surface area contributed by atoms with Crippen molar-refractivity contribution >= 4 is 8.32 Å². The van der Waals surface area contributed by atoms with Gasteiger partial charge >= 0.3 is 0 Å². The maximum Gasteiger partial charge on any atom is 0.191 e. The van der Waals surface area contributed by atoms with Gasteiger partial charge in [0.15, 0.2) is 8.32 Å². The topological polar surface area (TPSA) is 61.7 Å². The van der Waals surface area contributed by atoms with Crippen molar-refractivity contribution in [2.24, 2.45) is 11.8 Å². The molecule has 0 aromatic rings. The summed E-state index contributed by atoms with van der Waals surface area (Å²) in [5.41, 5.74) is 0. The van der Waals surface area contributed by atoms with Gasteiger partial charge < -0.3 is 20.0 Å². The van der Waals surface area contributed by atoms with Crippen LogP contribution >= 0.6 is 0 Å². The fourth-order valence-electron chi connectivity index (χ4n) is 2.56. The van der Waals surface area contributed by atoms with E-state index in [1.165, 1.54) is 0 Å². The summed E-state index contributed by atoms with van der Waals surface area (Å²) in [7, 11) is -1.67. The van der Waals surface area contributed by atoms with Gasteiger partial charge in [0.05, 0.1) is 12.7 Å². The molecule has 0 saturated carbocycles. The molecule has 5 heteroatoms. The van der Waals surface area contributed by atoms with Crippen molar-refractivity contribution in [1.82, 2.24) is 5.32 Å². The van der Waals surface area contributed by atoms with E-state index in [0.29, 0.717) is 5.92 Å². The Morgan fingerprint density at radius 2 is 2.00 bits per heavy atom. The highest BCUT2D eigenvalue weighted by atomic mass is 28.4. The minimum absolute atomic E-state index is 0.147. The molecule has 0 bridgehead atoms. The van der Waals surface area contributed by atoms with Gasteiger partial charge in [-0.1, -0.05) is 20.8 Å². The molecule has 1 aliphatic rings. The van der Waals surface area contributed by atoms with Gasteiger partial charge in [0.2, 0.25) is 0 Å². The van der Waals surface area contributed by atoms with E-state index in [9.17, 15) is 5.11 Å². The predicted octanol–water partition coefficient (Wildman–Crippen LogP) is 1.98. The standard InChI is InChI=1S/C15H33NO3Si/c1-15(2,3)20(4,5)19-9-7-12-6-8-16-10-13(12)14(18)11-17/h12-14,16-18H,6-11H2,1-5H3/t12-,13-,14?/m0/s1. The number of hydrogen-bond donors (Lipinski definition) is 3. The van der Waals surface area contributed by atoms with Gasteiger partial charge in [0.25, 0.3) is 0 Å². The van der Waals surface area contributed by atoms with Crippen LogP contribution in [-0.2, 0) is 4.43 Å². The van der Waals surface area contributed by atoms with E-state index in [1.54, 1.807) is 0 Å². The summed E-state index contributed by atoms with van der Waals surface area (Å²) in [5.74, 6) is 0.597. The van der Waals surface area contributed by atoms with Gasteiger partial charge in [0, 0.05) is 19.1 Å². The number of hydrogen-bond acceptors (Lipinski definition) is 4. The fraction of sp³-hybridized carbons (Fsp3) is 1.00. The first-order valence-electron chi connectivity index (χ1n) is 7.82. The van der Waals surface area contributed by atoms with Crippen LogP contribution in [0.5, 0.6) is 0 Å². The van der Waals surface area contributed by atoms with Crippen molar-refractivity contribution in [3.8, 4) is 0 Å². The van der Waals surface area contributed by atoms with Gasteiger partial charge in [0.1, 0.15) is 0 Å². The largest absolute Gasteiger partial charge is 0.417 e. The fourth-order valence-corrected chi connectivity index (χ4v) is 3.62. The molecule has 0 aromatic heterocycles. The van der Waals surface area contributed by atoms with E-state index < -0.39 is 14.4 Å². The molecule has 0 aromatic carbocycles. The van der Waals surface area contributed by atoms with Crippen LogP contribution in [0.15, 0.2) is 0 Å². The summed E-state index contributed by atoms with van der Waals surface area (Å²) in [6.45, 7) is 13.7. The summed E-state index contributed by atoms with van der Waals surface area (Å²) in [6, 6.07) is 0. The molecular formula is C15H33NO3Si. The Kier molecular flexibility index (Phi) is 6.66. The molecule has 1 rings (SSSR count). The Morgan fingerprint density at radius 1 is 1.35 bits per heavy atom. The van der Waals surface area contributed by atoms with Crippen molar-refractivity contribution < 1.29 is 14.6 Å². The normalized spacial score (nSPS) is 26.6. The van der Waals surface area contributed by atoms with Crippen LogP contribution in [-0.4, -0.2) is 50.9 Å². The Hall–Kier alpha value is 0.0569. The monoisotopic (exact) mass is 303 g/mol. The second kappa shape index (κ2) is 7.36. The summed E-state index contributed by atoms with van der Waals surface area (Å²) in [5, 5.41) is 22.6. The van der Waals surface area contributed by atoms with Crippen LogP contribution in [0.3, 0.4) is 0 Å². The molecule has 4 nitrogen and oxygen atoms in total. The van der Waals surface area contributed by atoms with E-state index in [1.807, 2.05) is 0 Å². The third-order valence-electron chi connectivity index (χ3n) is 5.12. The number of aliphatic hydroxyl groups excluding tert-OH is 2. The van der Waals surface area contributed by atoms with Crippen LogP contribution in [0.25, 0.3) is 0 Å². The van der Waals surface area contributed by atoms with Crippen molar-refractivity contribution in [1.29, 1.82) is 0 Å². The Bertz CT molecular complexity index is 291. The molecule has 1 unspecified atom stereocenters. The van der Waals surface area contributed by atoms with E-state index >= 15 is 0 Å². The molecular weight excluding hydrogens is 270 g/mol. The summed E-state index contributed by atoms with van der Waals surface area (Å²) in [6.07, 6.45) is 1.43. The molecule has 0 aliphatic carbocycles. The second-order valence-electron chi connectivity index (χ2n) is 7.56. The lowest BCUT2D eigenvalue weighted by molar-refractivity contribution is 0.00750. The van der Waals surface area contributed by atoms with Crippen LogP contribution < -0.4 is 5.32 Å². The molecule has 1 heterocycles. The van der Waals surface area contributed by atoms with Crippen molar-refractivity contribution in [3.05, 3.63) is 0 Å². The molecule has 3 N–H and O–H groups in total. The molecule has 20 heavy (non-hydrogen) atoms. The van der Waals surface area contributed by atoms with Gasteiger partial charge in [-0.2, -0.15) is 0 Å². The molecule has 1 saturated heterocycles. The number of piperidine rings is 1. The van der Waals surface area contributed by atoms with Gasteiger partial charge in [-0.05, 0) is 43.4 Å². The lowest BCUT2D eigenvalue weighted by Crippen LogP contribution is -2.45. The first-order valence-corrected chi connectivity index (χ1v) is 10.7. The first kappa shape index (κ1) is 18.1. The number of aliphatic hydroxyl groups is 2. The molecule has 0 radical (unpaired) electrons. The van der Waals surface area contributed by atoms with Gasteiger partial charge in [-0.3, -0.25) is 0 Å². The summed E-state index contributed by atoms with van der Waals surface area (Å²) >= 11 is 0. The van der Waals surface area contributed by atoms with Crippen LogP contribution in [0, 0.1) is 11.8 Å². The third-order valence-corrected chi connectivity index (χ3v) is 9.65. The van der Waals surface area contributed by atoms with Crippen LogP contribution in [0.1, 0.15) is 33.6 Å². The highest BCUT2D eigenvalue weighted by Crippen LogP contribution is 2.37. The maximum absolute atomic E-state index is 9.92. The van der Waals surface area contributed by atoms with E-state index in [4.69, 9.17) is 9.53 Å². The Morgan fingerprint density at radius 3 is 2.55 bits per heavy atom. The molecule has 0 spiro atoms. The molecule has 1 aliphatic heterocycles. The average molecular weight is 304 g/mol. The predicted molar refractivity (Wildman–Crippen MR) is 85.3 cm³/mol. The minimum atomic E-state index is -1.67. The first-order chi connectivity index (χ1) is 9.19. The zero-order chi connectivity index (χ0) is 15.4. The maximum atomic E-state index is 9.92. The summed E-state index contributed by atoms with van der Waals surface area (Å²) < 4.78 is 6.23. The molecule has 0 amide bonds. The Labute approximate surface area is 125 Å². The zero-order valence-corrected chi connectivity index (χ0v) is 14.8. The Balaban J connectivity index is 2.47. The lowest BCUT2D eigenvalue weighted by atomic mass is 9.81. The van der Waals surface area contributed by atoms with E-state index in [2.05, 4.69) is 39.2 Å². The molecule has 120 valence electrons. The smallest absolute Gasteiger partial charge is 0.191 e. The quantitative estimate of drug-likeness (QED) is 0.657. The van der Waals surface area contributed by atoms with E-state index in [-0.39, 0.29) is 17.6 Å². The van der Waals surface area contributed by atoms with Crippen molar-refractivity contribution in [2.45, 2.75) is 57.8 Å². The second-order valence-corrected chi connectivity index (χ2v) is 12.4. The van der Waals surface area contributed by atoms with Crippen molar-refractivity contribution in [3.63, 3.8) is 0 Å². The van der Waals surface area contributed by atoms with E-state index in [0.717, 1.165) is 32.5 Å². The molecule has 1 fully saturated rings. The van der Waals surface area contributed by atoms with Gasteiger partial charge in [-0.15, -0.1) is 0 Å². The number of rotatable bonds is 6. The number of nitrogens with one attached hydrogen (secondary N) is 1. The summed E-state index contributed by atoms with van der Waals surface area (Å²) in [4.78, 5) is 0. The average Bonchev–Trinajstić information content (AvgIpc) is 2.37. The molecule has 3 atom stereocenters. The minimum Gasteiger partial charge on any atom is -0.417 e. The highest BCUT2D eigenvalue weighted by Gasteiger charge is 2.37. The SMILES string of the molecule is CC(C)(C)[Si](C)(C)OCC[C@@H]1CCNC[C@@H]1C(O)CO. The van der Waals surface area contributed by atoms with Gasteiger partial charge in [-0.25, -0.2) is 0 Å².